The van der Waals surface area contributed by atoms with E-state index in [1.807, 2.05) is 18.4 Å². The molecule has 0 radical (unpaired) electrons. The van der Waals surface area contributed by atoms with Crippen molar-refractivity contribution in [2.24, 2.45) is 0 Å². The van der Waals surface area contributed by atoms with Gasteiger partial charge in [0.15, 0.2) is 5.78 Å². The number of rotatable bonds is 5. The number of allylic oxidation sites excluding steroid dienone is 1. The molecule has 1 heterocycles. The molecule has 0 saturated heterocycles. The second-order valence-electron chi connectivity index (χ2n) is 2.86. The van der Waals surface area contributed by atoms with E-state index in [1.54, 1.807) is 0 Å². The van der Waals surface area contributed by atoms with Gasteiger partial charge in [0.05, 0.1) is 5.01 Å². The van der Waals surface area contributed by atoms with Crippen LogP contribution in [0, 0.1) is 6.92 Å². The van der Waals surface area contributed by atoms with E-state index in [2.05, 4.69) is 11.6 Å². The fourth-order valence-corrected chi connectivity index (χ4v) is 1.64. The topological polar surface area (TPSA) is 30.0 Å². The van der Waals surface area contributed by atoms with Gasteiger partial charge in [-0.2, -0.15) is 0 Å². The molecular weight excluding hydrogens is 182 g/mol. The average Bonchev–Trinajstić information content (AvgIpc) is 2.52. The van der Waals surface area contributed by atoms with Crippen LogP contribution in [0.5, 0.6) is 0 Å². The van der Waals surface area contributed by atoms with E-state index in [9.17, 15) is 4.79 Å². The molecule has 2 nitrogen and oxygen atoms in total. The van der Waals surface area contributed by atoms with Crippen LogP contribution in [0.25, 0.3) is 0 Å². The molecule has 0 aliphatic heterocycles. The Morgan fingerprint density at radius 3 is 3.08 bits per heavy atom. The number of carbonyl (C=O) groups excluding carboxylic acids is 1. The fourth-order valence-electron chi connectivity index (χ4n) is 1.03. The third kappa shape index (κ3) is 3.11. The number of carbonyl (C=O) groups is 1. The first kappa shape index (κ1) is 10.1. The summed E-state index contributed by atoms with van der Waals surface area (Å²) < 4.78 is 0. The summed E-state index contributed by atoms with van der Waals surface area (Å²) in [5.41, 5.74) is 0.617. The Labute approximate surface area is 82.3 Å². The third-order valence-corrected chi connectivity index (χ3v) is 2.49. The van der Waals surface area contributed by atoms with Crippen LogP contribution in [0.15, 0.2) is 18.0 Å². The second kappa shape index (κ2) is 4.92. The number of unbranched alkanes of at least 4 members (excludes halogenated alkanes) is 1. The molecule has 0 fully saturated rings. The van der Waals surface area contributed by atoms with E-state index in [0.29, 0.717) is 12.1 Å². The molecule has 0 spiro atoms. The highest BCUT2D eigenvalue weighted by Gasteiger charge is 2.07. The Balaban J connectivity index is 2.44. The number of aromatic nitrogens is 1. The van der Waals surface area contributed by atoms with Crippen LogP contribution < -0.4 is 0 Å². The number of ketones is 1. The smallest absolute Gasteiger partial charge is 0.182 e. The van der Waals surface area contributed by atoms with E-state index < -0.39 is 0 Å². The maximum Gasteiger partial charge on any atom is 0.182 e. The standard InChI is InChI=1S/C10H13NOS/c1-3-4-5-6-10(12)9-7-13-8(2)11-9/h3,7H,1,4-6H2,2H3. The minimum absolute atomic E-state index is 0.145. The van der Waals surface area contributed by atoms with Crippen molar-refractivity contribution in [3.05, 3.63) is 28.7 Å². The Morgan fingerprint density at radius 1 is 1.77 bits per heavy atom. The SMILES string of the molecule is C=CCCCC(=O)c1csc(C)n1. The van der Waals surface area contributed by atoms with Crippen molar-refractivity contribution in [1.29, 1.82) is 0 Å². The molecule has 0 aliphatic carbocycles. The molecule has 0 aromatic carbocycles. The highest BCUT2D eigenvalue weighted by Crippen LogP contribution is 2.11. The normalized spacial score (nSPS) is 9.92. The van der Waals surface area contributed by atoms with Crippen molar-refractivity contribution in [3.63, 3.8) is 0 Å². The molecule has 0 unspecified atom stereocenters. The lowest BCUT2D eigenvalue weighted by atomic mass is 10.1. The fraction of sp³-hybridized carbons (Fsp3) is 0.400. The number of hydrogen-bond acceptors (Lipinski definition) is 3. The Kier molecular flexibility index (Phi) is 3.83. The van der Waals surface area contributed by atoms with Crippen molar-refractivity contribution >= 4 is 17.1 Å². The predicted molar refractivity (Wildman–Crippen MR) is 55.2 cm³/mol. The van der Waals surface area contributed by atoms with E-state index in [1.165, 1.54) is 11.3 Å². The van der Waals surface area contributed by atoms with Crippen LogP contribution in [0.4, 0.5) is 0 Å². The summed E-state index contributed by atoms with van der Waals surface area (Å²) in [5, 5.41) is 2.78. The van der Waals surface area contributed by atoms with Crippen molar-refractivity contribution in [2.45, 2.75) is 26.2 Å². The molecule has 0 atom stereocenters. The van der Waals surface area contributed by atoms with Crippen LogP contribution in [0.1, 0.15) is 34.8 Å². The van der Waals surface area contributed by atoms with Gasteiger partial charge in [0.25, 0.3) is 0 Å². The van der Waals surface area contributed by atoms with Gasteiger partial charge in [0, 0.05) is 11.8 Å². The average molecular weight is 195 g/mol. The molecule has 3 heteroatoms. The highest BCUT2D eigenvalue weighted by atomic mass is 32.1. The number of thiazole rings is 1. The monoisotopic (exact) mass is 195 g/mol. The maximum atomic E-state index is 11.4. The molecule has 1 aromatic heterocycles. The molecule has 0 N–H and O–H groups in total. The highest BCUT2D eigenvalue weighted by molar-refractivity contribution is 7.09. The van der Waals surface area contributed by atoms with Gasteiger partial charge in [-0.15, -0.1) is 17.9 Å². The second-order valence-corrected chi connectivity index (χ2v) is 3.92. The summed E-state index contributed by atoms with van der Waals surface area (Å²) in [6.45, 7) is 5.52. The van der Waals surface area contributed by atoms with Crippen molar-refractivity contribution in [1.82, 2.24) is 4.98 Å². The van der Waals surface area contributed by atoms with Crippen LogP contribution in [-0.4, -0.2) is 10.8 Å². The van der Waals surface area contributed by atoms with E-state index in [0.717, 1.165) is 17.8 Å². The van der Waals surface area contributed by atoms with Gasteiger partial charge in [0.2, 0.25) is 0 Å². The largest absolute Gasteiger partial charge is 0.292 e. The van der Waals surface area contributed by atoms with Gasteiger partial charge < -0.3 is 0 Å². The van der Waals surface area contributed by atoms with Crippen molar-refractivity contribution < 1.29 is 4.79 Å². The third-order valence-electron chi connectivity index (χ3n) is 1.72. The summed E-state index contributed by atoms with van der Waals surface area (Å²) in [7, 11) is 0. The summed E-state index contributed by atoms with van der Waals surface area (Å²) in [5.74, 6) is 0.145. The molecule has 0 amide bonds. The van der Waals surface area contributed by atoms with Gasteiger partial charge in [-0.3, -0.25) is 4.79 Å². The van der Waals surface area contributed by atoms with E-state index >= 15 is 0 Å². The van der Waals surface area contributed by atoms with Gasteiger partial charge in [-0.25, -0.2) is 4.98 Å². The molecule has 1 aromatic rings. The Hall–Kier alpha value is -0.960. The zero-order chi connectivity index (χ0) is 9.68. The minimum atomic E-state index is 0.145. The molecule has 0 saturated carbocycles. The molecule has 13 heavy (non-hydrogen) atoms. The first-order chi connectivity index (χ1) is 6.24. The molecular formula is C10H13NOS. The lowest BCUT2D eigenvalue weighted by Gasteiger charge is -1.93. The van der Waals surface area contributed by atoms with E-state index in [4.69, 9.17) is 0 Å². The molecule has 1 rings (SSSR count). The molecule has 0 aliphatic rings. The van der Waals surface area contributed by atoms with Gasteiger partial charge in [-0.05, 0) is 19.8 Å². The Bertz CT molecular complexity index is 304. The van der Waals surface area contributed by atoms with Gasteiger partial charge in [0.1, 0.15) is 5.69 Å². The summed E-state index contributed by atoms with van der Waals surface area (Å²) >= 11 is 1.52. The summed E-state index contributed by atoms with van der Waals surface area (Å²) in [6.07, 6.45) is 4.18. The number of aryl methyl sites for hydroxylation is 1. The van der Waals surface area contributed by atoms with Crippen LogP contribution >= 0.6 is 11.3 Å². The molecule has 0 bridgehead atoms. The molecule has 70 valence electrons. The van der Waals surface area contributed by atoms with E-state index in [-0.39, 0.29) is 5.78 Å². The van der Waals surface area contributed by atoms with Crippen LogP contribution in [0.3, 0.4) is 0 Å². The Morgan fingerprint density at radius 2 is 2.54 bits per heavy atom. The lowest BCUT2D eigenvalue weighted by molar-refractivity contribution is 0.0976. The van der Waals surface area contributed by atoms with Gasteiger partial charge >= 0.3 is 0 Å². The zero-order valence-corrected chi connectivity index (χ0v) is 8.56. The minimum Gasteiger partial charge on any atom is -0.292 e. The van der Waals surface area contributed by atoms with Gasteiger partial charge in [-0.1, -0.05) is 6.08 Å². The first-order valence-electron chi connectivity index (χ1n) is 4.30. The summed E-state index contributed by atoms with van der Waals surface area (Å²) in [4.78, 5) is 15.6. The number of Topliss-reactive ketones (excluding diaryl/α,β-unsaturated/α-hetero) is 1. The number of nitrogens with zero attached hydrogens (tertiary/aromatic N) is 1. The lowest BCUT2D eigenvalue weighted by Crippen LogP contribution is -1.98. The van der Waals surface area contributed by atoms with Crippen molar-refractivity contribution in [3.8, 4) is 0 Å². The number of hydrogen-bond donors (Lipinski definition) is 0. The summed E-state index contributed by atoms with van der Waals surface area (Å²) in [6, 6.07) is 0. The zero-order valence-electron chi connectivity index (χ0n) is 7.75. The quantitative estimate of drug-likeness (QED) is 0.410. The first-order valence-corrected chi connectivity index (χ1v) is 5.18. The predicted octanol–water partition coefficient (Wildman–Crippen LogP) is 2.99. The van der Waals surface area contributed by atoms with Crippen LogP contribution in [0.2, 0.25) is 0 Å². The van der Waals surface area contributed by atoms with Crippen molar-refractivity contribution in [2.75, 3.05) is 0 Å². The maximum absolute atomic E-state index is 11.4. The van der Waals surface area contributed by atoms with Crippen LogP contribution in [-0.2, 0) is 0 Å².